The lowest BCUT2D eigenvalue weighted by Gasteiger charge is -2.44. The van der Waals surface area contributed by atoms with Crippen LogP contribution in [-0.4, -0.2) is 25.7 Å². The highest BCUT2D eigenvalue weighted by Gasteiger charge is 2.36. The zero-order valence-electron chi connectivity index (χ0n) is 10.1. The summed E-state index contributed by atoms with van der Waals surface area (Å²) in [5, 5.41) is 3.61. The molecule has 1 aliphatic heterocycles. The maximum Gasteiger partial charge on any atom is 0.00952 e. The number of rotatable bonds is 6. The Morgan fingerprint density at radius 1 is 1.20 bits per heavy atom. The molecule has 0 radical (unpaired) electrons. The van der Waals surface area contributed by atoms with Crippen LogP contribution in [0.1, 0.15) is 45.4 Å². The lowest BCUT2D eigenvalue weighted by atomic mass is 9.68. The molecule has 0 aromatic carbocycles. The maximum atomic E-state index is 5.63. The Morgan fingerprint density at radius 3 is 2.27 bits per heavy atom. The van der Waals surface area contributed by atoms with E-state index < -0.39 is 0 Å². The fourth-order valence-electron chi connectivity index (χ4n) is 2.91. The van der Waals surface area contributed by atoms with Gasteiger partial charge in [0.05, 0.1) is 0 Å². The van der Waals surface area contributed by atoms with Crippen LogP contribution in [0, 0.1) is 5.41 Å². The minimum atomic E-state index is 0.469. The molecule has 90 valence electrons. The highest BCUT2D eigenvalue weighted by molar-refractivity contribution is 4.92. The van der Waals surface area contributed by atoms with Crippen molar-refractivity contribution < 1.29 is 0 Å². The van der Waals surface area contributed by atoms with Gasteiger partial charge >= 0.3 is 0 Å². The summed E-state index contributed by atoms with van der Waals surface area (Å²) < 4.78 is 0. The van der Waals surface area contributed by atoms with E-state index in [2.05, 4.69) is 12.2 Å². The SMILES string of the molecule is CC1NCCCC1(CCCN)CCCN. The van der Waals surface area contributed by atoms with Gasteiger partial charge in [-0.15, -0.1) is 0 Å². The second-order valence-electron chi connectivity index (χ2n) is 4.93. The number of piperidine rings is 1. The van der Waals surface area contributed by atoms with Crippen LogP contribution in [0.2, 0.25) is 0 Å². The van der Waals surface area contributed by atoms with Crippen molar-refractivity contribution in [2.75, 3.05) is 19.6 Å². The highest BCUT2D eigenvalue weighted by Crippen LogP contribution is 2.40. The van der Waals surface area contributed by atoms with Crippen molar-refractivity contribution in [1.29, 1.82) is 0 Å². The van der Waals surface area contributed by atoms with Gasteiger partial charge in [0.25, 0.3) is 0 Å². The first kappa shape index (κ1) is 12.9. The van der Waals surface area contributed by atoms with Crippen LogP contribution in [0.4, 0.5) is 0 Å². The van der Waals surface area contributed by atoms with E-state index in [0.29, 0.717) is 11.5 Å². The molecule has 1 rings (SSSR count). The first-order valence-corrected chi connectivity index (χ1v) is 6.39. The smallest absolute Gasteiger partial charge is 0.00952 e. The molecule has 1 fully saturated rings. The van der Waals surface area contributed by atoms with Crippen molar-refractivity contribution in [3.8, 4) is 0 Å². The van der Waals surface area contributed by atoms with E-state index in [1.807, 2.05) is 0 Å². The Morgan fingerprint density at radius 2 is 1.80 bits per heavy atom. The number of nitrogens with one attached hydrogen (secondary N) is 1. The molecule has 1 saturated heterocycles. The van der Waals surface area contributed by atoms with Crippen molar-refractivity contribution in [2.24, 2.45) is 16.9 Å². The minimum Gasteiger partial charge on any atom is -0.330 e. The van der Waals surface area contributed by atoms with Gasteiger partial charge in [0.1, 0.15) is 0 Å². The van der Waals surface area contributed by atoms with E-state index >= 15 is 0 Å². The van der Waals surface area contributed by atoms with Gasteiger partial charge in [0, 0.05) is 6.04 Å². The van der Waals surface area contributed by atoms with Crippen LogP contribution in [0.3, 0.4) is 0 Å². The maximum absolute atomic E-state index is 5.63. The molecule has 0 spiro atoms. The first-order valence-electron chi connectivity index (χ1n) is 6.39. The number of hydrogen-bond acceptors (Lipinski definition) is 3. The summed E-state index contributed by atoms with van der Waals surface area (Å²) in [6, 6.07) is 0.629. The van der Waals surface area contributed by atoms with E-state index in [0.717, 1.165) is 25.9 Å². The van der Waals surface area contributed by atoms with Gasteiger partial charge in [-0.1, -0.05) is 0 Å². The average molecular weight is 213 g/mol. The monoisotopic (exact) mass is 213 g/mol. The third-order valence-corrected chi connectivity index (χ3v) is 3.98. The Kier molecular flexibility index (Phi) is 5.58. The van der Waals surface area contributed by atoms with Gasteiger partial charge in [-0.2, -0.15) is 0 Å². The van der Waals surface area contributed by atoms with Gasteiger partial charge < -0.3 is 16.8 Å². The third-order valence-electron chi connectivity index (χ3n) is 3.98. The Hall–Kier alpha value is -0.120. The summed E-state index contributed by atoms with van der Waals surface area (Å²) in [7, 11) is 0. The second-order valence-corrected chi connectivity index (χ2v) is 4.93. The standard InChI is InChI=1S/C12H27N3/c1-11-12(5-2-8-13,6-3-9-14)7-4-10-15-11/h11,15H,2-10,13-14H2,1H3. The van der Waals surface area contributed by atoms with Crippen LogP contribution in [-0.2, 0) is 0 Å². The molecule has 5 N–H and O–H groups in total. The normalized spacial score (nSPS) is 25.4. The summed E-state index contributed by atoms with van der Waals surface area (Å²) in [6.45, 7) is 5.13. The fraction of sp³-hybridized carbons (Fsp3) is 1.00. The van der Waals surface area contributed by atoms with Gasteiger partial charge in [-0.3, -0.25) is 0 Å². The Bertz CT molecular complexity index is 162. The fourth-order valence-corrected chi connectivity index (χ4v) is 2.91. The molecule has 1 unspecified atom stereocenters. The van der Waals surface area contributed by atoms with Crippen molar-refractivity contribution >= 4 is 0 Å². The molecule has 0 saturated carbocycles. The minimum absolute atomic E-state index is 0.469. The summed E-state index contributed by atoms with van der Waals surface area (Å²) in [6.07, 6.45) is 7.48. The van der Waals surface area contributed by atoms with Crippen molar-refractivity contribution in [2.45, 2.75) is 51.5 Å². The lowest BCUT2D eigenvalue weighted by molar-refractivity contribution is 0.114. The zero-order chi connectivity index (χ0) is 11.1. The third kappa shape index (κ3) is 3.44. The van der Waals surface area contributed by atoms with Crippen LogP contribution in [0.15, 0.2) is 0 Å². The predicted octanol–water partition coefficient (Wildman–Crippen LogP) is 1.22. The molecule has 1 aliphatic rings. The Balaban J connectivity index is 2.55. The summed E-state index contributed by atoms with van der Waals surface area (Å²) >= 11 is 0. The summed E-state index contributed by atoms with van der Waals surface area (Å²) in [5.41, 5.74) is 11.7. The van der Waals surface area contributed by atoms with Crippen molar-refractivity contribution in [1.82, 2.24) is 5.32 Å². The predicted molar refractivity (Wildman–Crippen MR) is 65.7 cm³/mol. The molecule has 0 aromatic rings. The van der Waals surface area contributed by atoms with Crippen molar-refractivity contribution in [3.05, 3.63) is 0 Å². The molecule has 0 aliphatic carbocycles. The van der Waals surface area contributed by atoms with Gasteiger partial charge in [-0.05, 0) is 70.5 Å². The molecular weight excluding hydrogens is 186 g/mol. The molecule has 0 bridgehead atoms. The molecule has 0 aromatic heterocycles. The number of hydrogen-bond donors (Lipinski definition) is 3. The zero-order valence-corrected chi connectivity index (χ0v) is 10.1. The molecule has 3 nitrogen and oxygen atoms in total. The Labute approximate surface area is 94.0 Å². The van der Waals surface area contributed by atoms with Gasteiger partial charge in [-0.25, -0.2) is 0 Å². The first-order chi connectivity index (χ1) is 7.25. The largest absolute Gasteiger partial charge is 0.330 e. The van der Waals surface area contributed by atoms with E-state index in [1.54, 1.807) is 0 Å². The molecule has 1 atom stereocenters. The van der Waals surface area contributed by atoms with Crippen LogP contribution >= 0.6 is 0 Å². The van der Waals surface area contributed by atoms with Gasteiger partial charge in [0.15, 0.2) is 0 Å². The van der Waals surface area contributed by atoms with E-state index in [-0.39, 0.29) is 0 Å². The molecule has 15 heavy (non-hydrogen) atoms. The van der Waals surface area contributed by atoms with Gasteiger partial charge in [0.2, 0.25) is 0 Å². The van der Waals surface area contributed by atoms with E-state index in [9.17, 15) is 0 Å². The summed E-state index contributed by atoms with van der Waals surface area (Å²) in [4.78, 5) is 0. The van der Waals surface area contributed by atoms with Crippen LogP contribution in [0.5, 0.6) is 0 Å². The second kappa shape index (κ2) is 6.46. The highest BCUT2D eigenvalue weighted by atomic mass is 14.9. The molecular formula is C12H27N3. The molecule has 0 amide bonds. The molecule has 1 heterocycles. The lowest BCUT2D eigenvalue weighted by Crippen LogP contribution is -2.48. The van der Waals surface area contributed by atoms with Crippen LogP contribution in [0.25, 0.3) is 0 Å². The van der Waals surface area contributed by atoms with E-state index in [1.165, 1.54) is 32.2 Å². The van der Waals surface area contributed by atoms with Crippen molar-refractivity contribution in [3.63, 3.8) is 0 Å². The summed E-state index contributed by atoms with van der Waals surface area (Å²) in [5.74, 6) is 0. The topological polar surface area (TPSA) is 64.1 Å². The quantitative estimate of drug-likeness (QED) is 0.621. The average Bonchev–Trinajstić information content (AvgIpc) is 2.27. The van der Waals surface area contributed by atoms with Crippen LogP contribution < -0.4 is 16.8 Å². The molecule has 3 heteroatoms. The number of nitrogens with two attached hydrogens (primary N) is 2. The van der Waals surface area contributed by atoms with E-state index in [4.69, 9.17) is 11.5 Å².